The van der Waals surface area contributed by atoms with E-state index < -0.39 is 43.4 Å². The Kier molecular flexibility index (Phi) is 10.9. The quantitative estimate of drug-likeness (QED) is 0.141. The van der Waals surface area contributed by atoms with E-state index in [-0.39, 0.29) is 35.6 Å². The zero-order valence-electron chi connectivity index (χ0n) is 30.1. The van der Waals surface area contributed by atoms with Gasteiger partial charge in [-0.2, -0.15) is 0 Å². The average Bonchev–Trinajstić information content (AvgIpc) is 3.61. The first-order valence-corrected chi connectivity index (χ1v) is 26.6. The molecule has 1 fully saturated rings. The zero-order chi connectivity index (χ0) is 36.0. The van der Waals surface area contributed by atoms with Crippen LogP contribution in [0.2, 0.25) is 8.35 Å². The molecule has 0 spiro atoms. The molecule has 0 nitrogen and oxygen atoms in total. The number of rotatable bonds is 4. The molecule has 2 unspecified atom stereocenters. The largest absolute Gasteiger partial charge is 0.147 e. The van der Waals surface area contributed by atoms with Gasteiger partial charge in [0, 0.05) is 0 Å². The van der Waals surface area contributed by atoms with E-state index in [0.717, 1.165) is 33.4 Å². The molecule has 4 aromatic carbocycles. The SMILES string of the molecule is CC(C)(C)C1=Cc2c(-c3ccc(C(F)(F)F)cc3)cccc2[CH]1[Hf]1([CH]2C(C(C)(C)C)=Cc3c(-c4ccc(C(F)(F)F)cc4)cccc32)[CH2]C[CH2]1.Cl.Cl. The molecule has 7 rings (SSSR count). The summed E-state index contributed by atoms with van der Waals surface area (Å²) in [7, 11) is 0. The van der Waals surface area contributed by atoms with Crippen molar-refractivity contribution in [2.24, 2.45) is 10.8 Å². The zero-order valence-corrected chi connectivity index (χ0v) is 35.3. The monoisotopic (exact) mass is 924 g/mol. The smallest absolute Gasteiger partial charge is 0.147 e. The van der Waals surface area contributed by atoms with E-state index in [2.05, 4.69) is 78.0 Å². The van der Waals surface area contributed by atoms with Crippen LogP contribution in [0.4, 0.5) is 26.3 Å². The van der Waals surface area contributed by atoms with Crippen LogP contribution in [0.25, 0.3) is 34.4 Å². The molecule has 0 aromatic heterocycles. The summed E-state index contributed by atoms with van der Waals surface area (Å²) >= 11 is -3.54. The van der Waals surface area contributed by atoms with E-state index in [0.29, 0.717) is 7.35 Å². The third-order valence-electron chi connectivity index (χ3n) is 11.3. The molecule has 9 heteroatoms. The first kappa shape index (κ1) is 40.6. The van der Waals surface area contributed by atoms with Crippen LogP contribution in [0, 0.1) is 10.8 Å². The maximum atomic E-state index is 13.5. The van der Waals surface area contributed by atoms with Crippen LogP contribution in [-0.4, -0.2) is 0 Å². The molecule has 0 N–H and O–H groups in total. The number of hydrogen-bond donors (Lipinski definition) is 0. The predicted octanol–water partition coefficient (Wildman–Crippen LogP) is 15.0. The van der Waals surface area contributed by atoms with Crippen LogP contribution < -0.4 is 0 Å². The summed E-state index contributed by atoms with van der Waals surface area (Å²) in [6, 6.07) is 23.8. The van der Waals surface area contributed by atoms with E-state index >= 15 is 0 Å². The van der Waals surface area contributed by atoms with Crippen molar-refractivity contribution in [2.45, 2.75) is 76.0 Å². The van der Waals surface area contributed by atoms with Gasteiger partial charge < -0.3 is 0 Å². The maximum Gasteiger partial charge on any atom is -0.147 e. The van der Waals surface area contributed by atoms with Crippen molar-refractivity contribution >= 4 is 37.0 Å². The number of benzene rings is 4. The summed E-state index contributed by atoms with van der Waals surface area (Å²) in [6.45, 7) is 13.7. The number of allylic oxidation sites excluding steroid dienone is 2. The summed E-state index contributed by atoms with van der Waals surface area (Å²) in [6.07, 6.45) is -2.87. The summed E-state index contributed by atoms with van der Waals surface area (Å²) in [5.74, 6) is 0. The molecule has 0 amide bonds. The molecule has 1 aliphatic heterocycles. The van der Waals surface area contributed by atoms with Crippen molar-refractivity contribution in [3.63, 3.8) is 0 Å². The molecule has 0 saturated carbocycles. The second kappa shape index (κ2) is 13.9. The second-order valence-electron chi connectivity index (χ2n) is 16.4. The molecule has 4 aromatic rings. The van der Waals surface area contributed by atoms with Gasteiger partial charge >= 0.3 is 297 Å². The van der Waals surface area contributed by atoms with Gasteiger partial charge in [0.2, 0.25) is 0 Å². The van der Waals surface area contributed by atoms with Crippen molar-refractivity contribution in [3.05, 3.63) is 129 Å². The van der Waals surface area contributed by atoms with Gasteiger partial charge in [0.25, 0.3) is 0 Å². The molecule has 2 atom stereocenters. The van der Waals surface area contributed by atoms with E-state index in [4.69, 9.17) is 0 Å². The van der Waals surface area contributed by atoms with Gasteiger partial charge in [0.1, 0.15) is 0 Å². The van der Waals surface area contributed by atoms with Gasteiger partial charge in [-0.1, -0.05) is 0 Å². The fourth-order valence-corrected chi connectivity index (χ4v) is 32.8. The minimum absolute atomic E-state index is 0. The summed E-state index contributed by atoms with van der Waals surface area (Å²) in [5, 5.41) is 0. The Morgan fingerprint density at radius 2 is 0.846 bits per heavy atom. The van der Waals surface area contributed by atoms with Gasteiger partial charge in [0.15, 0.2) is 0 Å². The molecule has 1 heterocycles. The molecule has 52 heavy (non-hydrogen) atoms. The first-order valence-electron chi connectivity index (χ1n) is 17.4. The van der Waals surface area contributed by atoms with Crippen LogP contribution in [0.5, 0.6) is 0 Å². The molecular weight excluding hydrogens is 880 g/mol. The number of fused-ring (bicyclic) bond motifs is 2. The van der Waals surface area contributed by atoms with Gasteiger partial charge in [-0.05, 0) is 0 Å². The van der Waals surface area contributed by atoms with Crippen LogP contribution >= 0.6 is 24.8 Å². The summed E-state index contributed by atoms with van der Waals surface area (Å²) in [5.41, 5.74) is 9.67. The number of halogens is 8. The van der Waals surface area contributed by atoms with Crippen LogP contribution in [0.15, 0.2) is 96.1 Å². The van der Waals surface area contributed by atoms with E-state index in [1.165, 1.54) is 61.3 Å². The van der Waals surface area contributed by atoms with E-state index in [1.807, 2.05) is 12.1 Å². The molecule has 1 saturated heterocycles. The Bertz CT molecular complexity index is 1880. The fraction of sp³-hybridized carbons (Fsp3) is 0.349. The van der Waals surface area contributed by atoms with Crippen molar-refractivity contribution in [1.29, 1.82) is 0 Å². The van der Waals surface area contributed by atoms with Gasteiger partial charge in [-0.25, -0.2) is 0 Å². The van der Waals surface area contributed by atoms with E-state index in [9.17, 15) is 26.3 Å². The Hall–Kier alpha value is -2.61. The third-order valence-corrected chi connectivity index (χ3v) is 33.3. The summed E-state index contributed by atoms with van der Waals surface area (Å²) < 4.78 is 83.8. The van der Waals surface area contributed by atoms with Crippen molar-refractivity contribution in [3.8, 4) is 22.3 Å². The minimum atomic E-state index is -4.39. The molecule has 0 bridgehead atoms. The second-order valence-corrected chi connectivity index (χ2v) is 33.0. The van der Waals surface area contributed by atoms with Gasteiger partial charge in [-0.15, -0.1) is 24.8 Å². The first-order chi connectivity index (χ1) is 23.3. The van der Waals surface area contributed by atoms with Crippen molar-refractivity contribution in [2.75, 3.05) is 0 Å². The van der Waals surface area contributed by atoms with Crippen LogP contribution in [0.3, 0.4) is 0 Å². The van der Waals surface area contributed by atoms with Gasteiger partial charge in [0.05, 0.1) is 0 Å². The van der Waals surface area contributed by atoms with Crippen LogP contribution in [0.1, 0.15) is 88.7 Å². The maximum absolute atomic E-state index is 13.5. The molecular formula is C43H44Cl2F6Hf. The number of hydrogen-bond acceptors (Lipinski definition) is 0. The summed E-state index contributed by atoms with van der Waals surface area (Å²) in [4.78, 5) is 0. The fourth-order valence-electron chi connectivity index (χ4n) is 8.85. The van der Waals surface area contributed by atoms with Crippen molar-refractivity contribution < 1.29 is 46.3 Å². The third kappa shape index (κ3) is 6.92. The molecule has 2 aliphatic carbocycles. The standard InChI is InChI=1S/2C20H18F3.C3H6.2ClH.Hf/c2*1-19(2,3)16-11-14-5-4-6-17(18(14)12-16)13-7-9-15(10-8-13)20(21,22)23;1-3-2;;;/h2*4-12H,1-3H3;1-3H2;2*1H;. The molecule has 0 radical (unpaired) electrons. The predicted molar refractivity (Wildman–Crippen MR) is 203 cm³/mol. The average molecular weight is 924 g/mol. The Balaban J connectivity index is 0.00000261. The van der Waals surface area contributed by atoms with Crippen molar-refractivity contribution in [1.82, 2.24) is 0 Å². The van der Waals surface area contributed by atoms with Crippen LogP contribution in [-0.2, 0) is 32.3 Å². The topological polar surface area (TPSA) is 0 Å². The molecule has 276 valence electrons. The molecule has 3 aliphatic rings. The number of alkyl halides is 6. The Morgan fingerprint density at radius 1 is 0.500 bits per heavy atom. The van der Waals surface area contributed by atoms with Gasteiger partial charge in [-0.3, -0.25) is 0 Å². The Morgan fingerprint density at radius 3 is 1.12 bits per heavy atom. The minimum Gasteiger partial charge on any atom is -0.147 e. The Labute approximate surface area is 320 Å². The van der Waals surface area contributed by atoms with E-state index in [1.54, 1.807) is 24.3 Å². The normalized spacial score (nSPS) is 19.4.